The minimum Gasteiger partial charge on any atom is -0.263 e. The van der Waals surface area contributed by atoms with Crippen molar-refractivity contribution < 1.29 is 0 Å². The van der Waals surface area contributed by atoms with E-state index in [0.717, 1.165) is 11.2 Å². The molecular formula is C6H4BrN3. The van der Waals surface area contributed by atoms with Crippen LogP contribution in [-0.2, 0) is 0 Å². The number of halogens is 1. The van der Waals surface area contributed by atoms with Crippen molar-refractivity contribution in [2.24, 2.45) is 0 Å². The summed E-state index contributed by atoms with van der Waals surface area (Å²) in [6.45, 7) is 0. The fraction of sp³-hybridized carbons (Fsp3) is 0. The normalized spacial score (nSPS) is 10.5. The first kappa shape index (κ1) is 5.85. The highest BCUT2D eigenvalue weighted by atomic mass is 79.9. The molecule has 10 heavy (non-hydrogen) atoms. The number of pyridine rings is 1. The molecule has 0 aliphatic carbocycles. The number of fused-ring (bicyclic) bond motifs is 1. The fourth-order valence-electron chi connectivity index (χ4n) is 0.822. The zero-order valence-electron chi connectivity index (χ0n) is 5.03. The van der Waals surface area contributed by atoms with Gasteiger partial charge >= 0.3 is 0 Å². The van der Waals surface area contributed by atoms with Crippen molar-refractivity contribution in [3.63, 3.8) is 0 Å². The molecule has 2 aromatic heterocycles. The van der Waals surface area contributed by atoms with Gasteiger partial charge in [0.2, 0.25) is 0 Å². The van der Waals surface area contributed by atoms with E-state index in [1.165, 1.54) is 0 Å². The van der Waals surface area contributed by atoms with E-state index in [9.17, 15) is 0 Å². The largest absolute Gasteiger partial charge is 0.263 e. The van der Waals surface area contributed by atoms with Crippen LogP contribution in [0.3, 0.4) is 0 Å². The SMILES string of the molecule is Brn1cnc2ncccc21. The van der Waals surface area contributed by atoms with Crippen LogP contribution < -0.4 is 0 Å². The van der Waals surface area contributed by atoms with Gasteiger partial charge < -0.3 is 0 Å². The van der Waals surface area contributed by atoms with Gasteiger partial charge in [0.25, 0.3) is 0 Å². The molecule has 3 nitrogen and oxygen atoms in total. The van der Waals surface area contributed by atoms with Crippen molar-refractivity contribution >= 4 is 27.3 Å². The first-order valence-electron chi connectivity index (χ1n) is 2.82. The van der Waals surface area contributed by atoms with E-state index in [0.29, 0.717) is 0 Å². The Kier molecular flexibility index (Phi) is 1.20. The maximum atomic E-state index is 4.04. The average Bonchev–Trinajstić information content (AvgIpc) is 2.34. The summed E-state index contributed by atoms with van der Waals surface area (Å²) in [6.07, 6.45) is 3.40. The summed E-state index contributed by atoms with van der Waals surface area (Å²) in [5.41, 5.74) is 1.75. The van der Waals surface area contributed by atoms with Gasteiger partial charge in [0, 0.05) is 6.20 Å². The van der Waals surface area contributed by atoms with Gasteiger partial charge in [-0.15, -0.1) is 0 Å². The molecule has 2 rings (SSSR count). The van der Waals surface area contributed by atoms with Gasteiger partial charge in [-0.2, -0.15) is 0 Å². The highest BCUT2D eigenvalue weighted by molar-refractivity contribution is 9.08. The molecule has 0 aliphatic rings. The fourth-order valence-corrected chi connectivity index (χ4v) is 1.19. The maximum absolute atomic E-state index is 4.04. The standard InChI is InChI=1S/C6H4BrN3/c7-10-4-9-6-5(10)2-1-3-8-6/h1-4H. The summed E-state index contributed by atoms with van der Waals surface area (Å²) in [4.78, 5) is 8.06. The Morgan fingerprint density at radius 2 is 2.30 bits per heavy atom. The minimum atomic E-state index is 0.763. The summed E-state index contributed by atoms with van der Waals surface area (Å²) in [5, 5.41) is 0. The van der Waals surface area contributed by atoms with Crippen molar-refractivity contribution in [2.75, 3.05) is 0 Å². The van der Waals surface area contributed by atoms with Gasteiger partial charge in [-0.25, -0.2) is 9.97 Å². The predicted molar refractivity (Wildman–Crippen MR) is 41.9 cm³/mol. The van der Waals surface area contributed by atoms with E-state index in [1.54, 1.807) is 16.1 Å². The average molecular weight is 198 g/mol. The van der Waals surface area contributed by atoms with Crippen LogP contribution in [0.2, 0.25) is 0 Å². The smallest absolute Gasteiger partial charge is 0.178 e. The Morgan fingerprint density at radius 1 is 1.40 bits per heavy atom. The Morgan fingerprint density at radius 3 is 3.10 bits per heavy atom. The van der Waals surface area contributed by atoms with Crippen LogP contribution in [0.5, 0.6) is 0 Å². The maximum Gasteiger partial charge on any atom is 0.178 e. The van der Waals surface area contributed by atoms with E-state index in [4.69, 9.17) is 0 Å². The predicted octanol–water partition coefficient (Wildman–Crippen LogP) is 1.59. The van der Waals surface area contributed by atoms with Crippen LogP contribution in [0, 0.1) is 0 Å². The Hall–Kier alpha value is -0.900. The molecule has 0 amide bonds. The van der Waals surface area contributed by atoms with Crippen molar-refractivity contribution in [1.82, 2.24) is 13.6 Å². The lowest BCUT2D eigenvalue weighted by Crippen LogP contribution is -1.75. The molecule has 0 fully saturated rings. The summed E-state index contributed by atoms with van der Waals surface area (Å²) in [7, 11) is 0. The number of aromatic nitrogens is 3. The molecule has 2 heterocycles. The molecule has 0 atom stereocenters. The lowest BCUT2D eigenvalue weighted by molar-refractivity contribution is 1.28. The highest BCUT2D eigenvalue weighted by Gasteiger charge is 1.97. The highest BCUT2D eigenvalue weighted by Crippen LogP contribution is 2.10. The summed E-state index contributed by atoms with van der Waals surface area (Å²) in [5.74, 6) is 0. The zero-order chi connectivity index (χ0) is 6.97. The van der Waals surface area contributed by atoms with Gasteiger partial charge in [-0.05, 0) is 12.1 Å². The number of hydrogen-bond donors (Lipinski definition) is 0. The second kappa shape index (κ2) is 2.05. The second-order valence-corrected chi connectivity index (χ2v) is 2.67. The van der Waals surface area contributed by atoms with Crippen LogP contribution in [0.15, 0.2) is 24.7 Å². The van der Waals surface area contributed by atoms with Crippen LogP contribution in [0.25, 0.3) is 11.2 Å². The van der Waals surface area contributed by atoms with Gasteiger partial charge in [-0.1, -0.05) is 0 Å². The summed E-state index contributed by atoms with van der Waals surface area (Å²) in [6, 6.07) is 3.83. The summed E-state index contributed by atoms with van der Waals surface area (Å²) >= 11 is 3.28. The first-order chi connectivity index (χ1) is 4.88. The van der Waals surface area contributed by atoms with Gasteiger partial charge in [0.1, 0.15) is 6.33 Å². The van der Waals surface area contributed by atoms with E-state index >= 15 is 0 Å². The van der Waals surface area contributed by atoms with Crippen molar-refractivity contribution in [3.05, 3.63) is 24.7 Å². The van der Waals surface area contributed by atoms with E-state index in [2.05, 4.69) is 26.1 Å². The minimum absolute atomic E-state index is 0.763. The molecule has 0 saturated carbocycles. The van der Waals surface area contributed by atoms with Gasteiger partial charge in [-0.3, -0.25) is 3.59 Å². The van der Waals surface area contributed by atoms with E-state index in [1.807, 2.05) is 12.1 Å². The van der Waals surface area contributed by atoms with Crippen LogP contribution in [0.1, 0.15) is 0 Å². The number of nitrogens with zero attached hydrogens (tertiary/aromatic N) is 3. The van der Waals surface area contributed by atoms with Crippen molar-refractivity contribution in [2.45, 2.75) is 0 Å². The van der Waals surface area contributed by atoms with Crippen molar-refractivity contribution in [1.29, 1.82) is 0 Å². The molecule has 0 saturated heterocycles. The third-order valence-electron chi connectivity index (χ3n) is 1.28. The number of imidazole rings is 1. The van der Waals surface area contributed by atoms with Crippen LogP contribution >= 0.6 is 16.1 Å². The monoisotopic (exact) mass is 197 g/mol. The number of rotatable bonds is 0. The van der Waals surface area contributed by atoms with Crippen molar-refractivity contribution in [3.8, 4) is 0 Å². The third kappa shape index (κ3) is 0.724. The molecule has 0 radical (unpaired) electrons. The lowest BCUT2D eigenvalue weighted by atomic mass is 10.4. The Bertz CT molecular complexity index is 355. The Labute approximate surface area is 66.0 Å². The van der Waals surface area contributed by atoms with E-state index in [-0.39, 0.29) is 0 Å². The second-order valence-electron chi connectivity index (χ2n) is 1.90. The summed E-state index contributed by atoms with van der Waals surface area (Å²) < 4.78 is 1.76. The molecule has 0 N–H and O–H groups in total. The molecule has 0 bridgehead atoms. The first-order valence-corrected chi connectivity index (χ1v) is 3.53. The van der Waals surface area contributed by atoms with Gasteiger partial charge in [0.05, 0.1) is 21.7 Å². The molecule has 0 aliphatic heterocycles. The molecule has 0 unspecified atom stereocenters. The van der Waals surface area contributed by atoms with Crippen LogP contribution in [-0.4, -0.2) is 13.6 Å². The molecular weight excluding hydrogens is 194 g/mol. The molecule has 2 aromatic rings. The molecule has 0 spiro atoms. The number of hydrogen-bond acceptors (Lipinski definition) is 2. The molecule has 0 aromatic carbocycles. The third-order valence-corrected chi connectivity index (χ3v) is 1.84. The Balaban J connectivity index is 2.93. The van der Waals surface area contributed by atoms with Crippen LogP contribution in [0.4, 0.5) is 0 Å². The topological polar surface area (TPSA) is 30.7 Å². The molecule has 50 valence electrons. The van der Waals surface area contributed by atoms with E-state index < -0.39 is 0 Å². The van der Waals surface area contributed by atoms with Gasteiger partial charge in [0.15, 0.2) is 5.65 Å². The quantitative estimate of drug-likeness (QED) is 0.643. The lowest BCUT2D eigenvalue weighted by Gasteiger charge is -1.86. The zero-order valence-corrected chi connectivity index (χ0v) is 6.62. The molecule has 4 heteroatoms.